The molecule has 1 rings (SSSR count). The summed E-state index contributed by atoms with van der Waals surface area (Å²) >= 11 is 7.27. The lowest BCUT2D eigenvalue weighted by Gasteiger charge is -2.07. The molecule has 0 aliphatic rings. The van der Waals surface area contributed by atoms with Gasteiger partial charge in [-0.15, -0.1) is 0 Å². The molecule has 0 N–H and O–H groups in total. The quantitative estimate of drug-likeness (QED) is 0.621. The number of carbonyl (C=O) groups is 1. The fraction of sp³-hybridized carbons (Fsp3) is 0.111. The SMILES string of the molecule is COc1c(C#N)ccc(C(=O)Cl)c1I. The second-order valence-corrected chi connectivity index (χ2v) is 3.82. The number of halogens is 2. The van der Waals surface area contributed by atoms with Crippen LogP contribution in [0.1, 0.15) is 15.9 Å². The Morgan fingerprint density at radius 2 is 2.29 bits per heavy atom. The lowest BCUT2D eigenvalue weighted by atomic mass is 10.1. The number of nitrogens with zero attached hydrogens (tertiary/aromatic N) is 1. The van der Waals surface area contributed by atoms with E-state index in [9.17, 15) is 4.79 Å². The van der Waals surface area contributed by atoms with Gasteiger partial charge in [0.15, 0.2) is 5.75 Å². The van der Waals surface area contributed by atoms with Gasteiger partial charge in [0.05, 0.1) is 21.8 Å². The van der Waals surface area contributed by atoms with Crippen LogP contribution >= 0.6 is 34.2 Å². The summed E-state index contributed by atoms with van der Waals surface area (Å²) in [4.78, 5) is 11.0. The monoisotopic (exact) mass is 321 g/mol. The van der Waals surface area contributed by atoms with E-state index in [4.69, 9.17) is 21.6 Å². The minimum Gasteiger partial charge on any atom is -0.494 e. The van der Waals surface area contributed by atoms with Crippen molar-refractivity contribution in [2.45, 2.75) is 0 Å². The minimum atomic E-state index is -0.558. The molecule has 0 aromatic heterocycles. The third-order valence-electron chi connectivity index (χ3n) is 1.63. The van der Waals surface area contributed by atoms with E-state index >= 15 is 0 Å². The summed E-state index contributed by atoms with van der Waals surface area (Å²) in [6.45, 7) is 0. The normalized spacial score (nSPS) is 9.29. The molecule has 0 heterocycles. The lowest BCUT2D eigenvalue weighted by molar-refractivity contribution is 0.108. The van der Waals surface area contributed by atoms with E-state index in [1.54, 1.807) is 0 Å². The summed E-state index contributed by atoms with van der Waals surface area (Å²) in [6, 6.07) is 4.99. The van der Waals surface area contributed by atoms with Gasteiger partial charge in [-0.05, 0) is 46.3 Å². The van der Waals surface area contributed by atoms with E-state index in [0.29, 0.717) is 20.4 Å². The molecule has 0 atom stereocenters. The Balaban J connectivity index is 3.44. The van der Waals surface area contributed by atoms with Crippen LogP contribution in [0, 0.1) is 14.9 Å². The predicted octanol–water partition coefficient (Wildman–Crippen LogP) is 2.55. The lowest BCUT2D eigenvalue weighted by Crippen LogP contribution is -1.99. The van der Waals surface area contributed by atoms with Gasteiger partial charge in [0.25, 0.3) is 5.24 Å². The van der Waals surface area contributed by atoms with Gasteiger partial charge in [0.2, 0.25) is 0 Å². The Kier molecular flexibility index (Phi) is 3.72. The molecule has 5 heteroatoms. The van der Waals surface area contributed by atoms with Crippen LogP contribution in [-0.2, 0) is 0 Å². The number of methoxy groups -OCH3 is 1. The van der Waals surface area contributed by atoms with Crippen molar-refractivity contribution >= 4 is 39.4 Å². The highest BCUT2D eigenvalue weighted by atomic mass is 127. The van der Waals surface area contributed by atoms with Gasteiger partial charge in [-0.3, -0.25) is 4.79 Å². The number of nitriles is 1. The molecule has 0 amide bonds. The smallest absolute Gasteiger partial charge is 0.253 e. The molecule has 0 aliphatic heterocycles. The topological polar surface area (TPSA) is 50.1 Å². The summed E-state index contributed by atoms with van der Waals surface area (Å²) in [5, 5.41) is 8.19. The fourth-order valence-electron chi connectivity index (χ4n) is 0.995. The van der Waals surface area contributed by atoms with Crippen molar-refractivity contribution in [3.63, 3.8) is 0 Å². The molecule has 0 saturated carbocycles. The maximum Gasteiger partial charge on any atom is 0.253 e. The van der Waals surface area contributed by atoms with Crippen LogP contribution < -0.4 is 4.74 Å². The van der Waals surface area contributed by atoms with Crippen molar-refractivity contribution in [3.05, 3.63) is 26.8 Å². The van der Waals surface area contributed by atoms with Crippen LogP contribution in [0.25, 0.3) is 0 Å². The van der Waals surface area contributed by atoms with Gasteiger partial charge in [0, 0.05) is 0 Å². The zero-order valence-electron chi connectivity index (χ0n) is 7.17. The second-order valence-electron chi connectivity index (χ2n) is 2.39. The summed E-state index contributed by atoms with van der Waals surface area (Å²) in [6.07, 6.45) is 0. The molecule has 14 heavy (non-hydrogen) atoms. The summed E-state index contributed by atoms with van der Waals surface area (Å²) in [7, 11) is 1.45. The van der Waals surface area contributed by atoms with Crippen LogP contribution in [0.3, 0.4) is 0 Å². The Labute approximate surface area is 99.8 Å². The van der Waals surface area contributed by atoms with Crippen molar-refractivity contribution in [1.29, 1.82) is 5.26 Å². The molecule has 0 spiro atoms. The van der Waals surface area contributed by atoms with Gasteiger partial charge in [-0.1, -0.05) is 0 Å². The first-order valence-electron chi connectivity index (χ1n) is 3.58. The zero-order chi connectivity index (χ0) is 10.7. The first-order chi connectivity index (χ1) is 6.61. The van der Waals surface area contributed by atoms with Crippen LogP contribution in [-0.4, -0.2) is 12.4 Å². The van der Waals surface area contributed by atoms with E-state index < -0.39 is 5.24 Å². The van der Waals surface area contributed by atoms with E-state index in [-0.39, 0.29) is 0 Å². The van der Waals surface area contributed by atoms with E-state index in [1.807, 2.05) is 28.7 Å². The zero-order valence-corrected chi connectivity index (χ0v) is 10.1. The number of hydrogen-bond donors (Lipinski definition) is 0. The average molecular weight is 322 g/mol. The van der Waals surface area contributed by atoms with Gasteiger partial charge in [-0.2, -0.15) is 5.26 Å². The number of rotatable bonds is 2. The molecular formula is C9H5ClINO2. The Bertz CT molecular complexity index is 426. The molecule has 1 aromatic carbocycles. The Morgan fingerprint density at radius 1 is 1.64 bits per heavy atom. The third-order valence-corrected chi connectivity index (χ3v) is 2.91. The minimum absolute atomic E-state index is 0.350. The molecular weight excluding hydrogens is 316 g/mol. The highest BCUT2D eigenvalue weighted by molar-refractivity contribution is 14.1. The second kappa shape index (κ2) is 4.62. The largest absolute Gasteiger partial charge is 0.494 e. The predicted molar refractivity (Wildman–Crippen MR) is 60.6 cm³/mol. The molecule has 0 bridgehead atoms. The van der Waals surface area contributed by atoms with Crippen LogP contribution in [0.4, 0.5) is 0 Å². The molecule has 0 radical (unpaired) electrons. The third kappa shape index (κ3) is 1.99. The van der Waals surface area contributed by atoms with E-state index in [2.05, 4.69) is 0 Å². The van der Waals surface area contributed by atoms with Crippen molar-refractivity contribution in [2.24, 2.45) is 0 Å². The van der Waals surface area contributed by atoms with Gasteiger partial charge < -0.3 is 4.74 Å². The first-order valence-corrected chi connectivity index (χ1v) is 5.04. The number of benzene rings is 1. The molecule has 0 aliphatic carbocycles. The van der Waals surface area contributed by atoms with Gasteiger partial charge in [-0.25, -0.2) is 0 Å². The average Bonchev–Trinajstić information content (AvgIpc) is 2.16. The van der Waals surface area contributed by atoms with E-state index in [1.165, 1.54) is 19.2 Å². The molecule has 0 fully saturated rings. The van der Waals surface area contributed by atoms with Crippen molar-refractivity contribution in [3.8, 4) is 11.8 Å². The van der Waals surface area contributed by atoms with Crippen LogP contribution in [0.5, 0.6) is 5.75 Å². The Hall–Kier alpha value is -0.800. The molecule has 1 aromatic rings. The summed E-state index contributed by atoms with van der Waals surface area (Å²) < 4.78 is 5.58. The Morgan fingerprint density at radius 3 is 2.71 bits per heavy atom. The number of hydrogen-bond acceptors (Lipinski definition) is 3. The summed E-state index contributed by atoms with van der Waals surface area (Å²) in [5.41, 5.74) is 0.738. The highest BCUT2D eigenvalue weighted by Gasteiger charge is 2.15. The first kappa shape index (κ1) is 11.3. The molecule has 3 nitrogen and oxygen atoms in total. The number of ether oxygens (including phenoxy) is 1. The van der Waals surface area contributed by atoms with Crippen molar-refractivity contribution in [2.75, 3.05) is 7.11 Å². The van der Waals surface area contributed by atoms with Crippen LogP contribution in [0.2, 0.25) is 0 Å². The fourth-order valence-corrected chi connectivity index (χ4v) is 2.25. The summed E-state index contributed by atoms with van der Waals surface area (Å²) in [5.74, 6) is 0.389. The molecule has 72 valence electrons. The molecule has 0 saturated heterocycles. The van der Waals surface area contributed by atoms with Crippen molar-refractivity contribution in [1.82, 2.24) is 0 Å². The van der Waals surface area contributed by atoms with Crippen LogP contribution in [0.15, 0.2) is 12.1 Å². The maximum absolute atomic E-state index is 11.0. The highest BCUT2D eigenvalue weighted by Crippen LogP contribution is 2.29. The standard InChI is InChI=1S/C9H5ClINO2/c1-14-8-5(4-12)2-3-6(7(8)11)9(10)13/h2-3H,1H3. The van der Waals surface area contributed by atoms with Gasteiger partial charge >= 0.3 is 0 Å². The molecule has 0 unspecified atom stereocenters. The van der Waals surface area contributed by atoms with E-state index in [0.717, 1.165) is 0 Å². The number of carbonyl (C=O) groups excluding carboxylic acids is 1. The maximum atomic E-state index is 11.0. The van der Waals surface area contributed by atoms with Crippen molar-refractivity contribution < 1.29 is 9.53 Å². The van der Waals surface area contributed by atoms with Gasteiger partial charge in [0.1, 0.15) is 6.07 Å².